The fourth-order valence-electron chi connectivity index (χ4n) is 4.01. The molecule has 2 aromatic heterocycles. The second-order valence-electron chi connectivity index (χ2n) is 7.47. The number of imidazole rings is 1. The molecule has 150 valence electrons. The van der Waals surface area contributed by atoms with Crippen molar-refractivity contribution < 1.29 is 15.0 Å². The van der Waals surface area contributed by atoms with E-state index in [0.717, 1.165) is 24.9 Å². The maximum atomic E-state index is 13.6. The van der Waals surface area contributed by atoms with E-state index in [9.17, 15) is 15.0 Å². The maximum Gasteiger partial charge on any atom is 0.277 e. The highest BCUT2D eigenvalue weighted by Gasteiger charge is 2.26. The smallest absolute Gasteiger partial charge is 0.277 e. The number of phenolic OH excluding ortho intramolecular Hbond substituents is 2. The van der Waals surface area contributed by atoms with Gasteiger partial charge in [0, 0.05) is 30.7 Å². The molecule has 1 aliphatic carbocycles. The molecular weight excluding hydrogens is 380 g/mol. The number of amides is 1. The molecule has 1 amide bonds. The number of aromatic nitrogens is 3. The van der Waals surface area contributed by atoms with E-state index in [1.54, 1.807) is 40.9 Å². The third-order valence-corrected chi connectivity index (χ3v) is 5.63. The summed E-state index contributed by atoms with van der Waals surface area (Å²) in [6.45, 7) is 0. The van der Waals surface area contributed by atoms with E-state index in [4.69, 9.17) is 0 Å². The van der Waals surface area contributed by atoms with Crippen molar-refractivity contribution in [3.8, 4) is 22.8 Å². The first kappa shape index (κ1) is 18.2. The van der Waals surface area contributed by atoms with Gasteiger partial charge in [-0.1, -0.05) is 6.07 Å². The summed E-state index contributed by atoms with van der Waals surface area (Å²) in [5.41, 5.74) is 4.70. The zero-order chi connectivity index (χ0) is 20.8. The van der Waals surface area contributed by atoms with Crippen molar-refractivity contribution in [1.82, 2.24) is 14.4 Å². The number of nitrogens with zero attached hydrogens (tertiary/aromatic N) is 4. The average Bonchev–Trinajstić information content (AvgIpc) is 3.38. The monoisotopic (exact) mass is 400 g/mol. The molecule has 5 rings (SSSR count). The molecule has 0 atom stereocenters. The molecule has 0 aliphatic heterocycles. The number of fused-ring (bicyclic) bond motifs is 2. The van der Waals surface area contributed by atoms with E-state index in [0.29, 0.717) is 22.7 Å². The van der Waals surface area contributed by atoms with Gasteiger partial charge in [0.05, 0.1) is 0 Å². The highest BCUT2D eigenvalue weighted by molar-refractivity contribution is 6.09. The minimum Gasteiger partial charge on any atom is -0.504 e. The zero-order valence-corrected chi connectivity index (χ0v) is 16.4. The van der Waals surface area contributed by atoms with Crippen LogP contribution in [0.15, 0.2) is 54.9 Å². The van der Waals surface area contributed by atoms with Crippen LogP contribution in [0.25, 0.3) is 17.0 Å². The van der Waals surface area contributed by atoms with E-state index < -0.39 is 0 Å². The lowest BCUT2D eigenvalue weighted by atomic mass is 10.1. The number of hydrogen-bond acceptors (Lipinski definition) is 5. The lowest BCUT2D eigenvalue weighted by Crippen LogP contribution is -2.28. The summed E-state index contributed by atoms with van der Waals surface area (Å²) in [6.07, 6.45) is 6.61. The maximum absolute atomic E-state index is 13.6. The number of aromatic hydroxyl groups is 2. The summed E-state index contributed by atoms with van der Waals surface area (Å²) in [5.74, 6) is -0.367. The van der Waals surface area contributed by atoms with Crippen molar-refractivity contribution in [3.05, 3.63) is 71.7 Å². The lowest BCUT2D eigenvalue weighted by Gasteiger charge is -2.19. The molecule has 7 nitrogen and oxygen atoms in total. The van der Waals surface area contributed by atoms with Crippen molar-refractivity contribution in [2.45, 2.75) is 19.3 Å². The Morgan fingerprint density at radius 3 is 2.73 bits per heavy atom. The number of phenols is 2. The largest absolute Gasteiger partial charge is 0.504 e. The molecule has 0 radical (unpaired) electrons. The van der Waals surface area contributed by atoms with Gasteiger partial charge in [0.2, 0.25) is 5.78 Å². The Kier molecular flexibility index (Phi) is 4.17. The Morgan fingerprint density at radius 2 is 1.90 bits per heavy atom. The molecule has 30 heavy (non-hydrogen) atoms. The first-order chi connectivity index (χ1) is 14.5. The fraction of sp³-hybridized carbons (Fsp3) is 0.174. The van der Waals surface area contributed by atoms with Crippen LogP contribution < -0.4 is 4.90 Å². The number of rotatable bonds is 3. The van der Waals surface area contributed by atoms with Crippen LogP contribution in [-0.2, 0) is 12.8 Å². The Bertz CT molecular complexity index is 1300. The molecule has 2 N–H and O–H groups in total. The Morgan fingerprint density at radius 1 is 1.07 bits per heavy atom. The van der Waals surface area contributed by atoms with Gasteiger partial charge in [-0.05, 0) is 66.8 Å². The molecule has 0 fully saturated rings. The van der Waals surface area contributed by atoms with Gasteiger partial charge in [0.25, 0.3) is 5.91 Å². The van der Waals surface area contributed by atoms with Crippen molar-refractivity contribution >= 4 is 17.4 Å². The Hall–Kier alpha value is -3.87. The van der Waals surface area contributed by atoms with Gasteiger partial charge in [-0.15, -0.1) is 0 Å². The summed E-state index contributed by atoms with van der Waals surface area (Å²) in [6, 6.07) is 12.3. The average molecular weight is 400 g/mol. The SMILES string of the molecule is CN(C(=O)c1c(-c2ccc(O)c(O)c2)nc2ncccn12)c1ccc2c(c1)CCC2. The molecular formula is C23H20N4O3. The van der Waals surface area contributed by atoms with Gasteiger partial charge in [0.1, 0.15) is 11.4 Å². The van der Waals surface area contributed by atoms with E-state index >= 15 is 0 Å². The normalized spacial score (nSPS) is 12.8. The van der Waals surface area contributed by atoms with Crippen LogP contribution in [0.2, 0.25) is 0 Å². The van der Waals surface area contributed by atoms with Gasteiger partial charge in [0.15, 0.2) is 11.5 Å². The van der Waals surface area contributed by atoms with Crippen molar-refractivity contribution in [3.63, 3.8) is 0 Å². The highest BCUT2D eigenvalue weighted by atomic mass is 16.3. The van der Waals surface area contributed by atoms with Crippen LogP contribution in [0, 0.1) is 0 Å². The number of carbonyl (C=O) groups excluding carboxylic acids is 1. The minimum absolute atomic E-state index is 0.233. The number of carbonyl (C=O) groups is 1. The standard InChI is InChI=1S/C23H20N4O3/c1-26(17-8-6-14-4-2-5-15(14)12-17)22(30)21-20(16-7-9-18(28)19(29)13-16)25-23-24-10-3-11-27(21)23/h3,6-13,28-29H,2,4-5H2,1H3. The van der Waals surface area contributed by atoms with E-state index in [1.165, 1.54) is 23.3 Å². The molecule has 0 saturated heterocycles. The predicted molar refractivity (Wildman–Crippen MR) is 113 cm³/mol. The van der Waals surface area contributed by atoms with Gasteiger partial charge in [-0.3, -0.25) is 9.20 Å². The first-order valence-electron chi connectivity index (χ1n) is 9.78. The fourth-order valence-corrected chi connectivity index (χ4v) is 4.01. The molecule has 0 bridgehead atoms. The van der Waals surface area contributed by atoms with Crippen molar-refractivity contribution in [2.24, 2.45) is 0 Å². The van der Waals surface area contributed by atoms with Crippen LogP contribution in [0.1, 0.15) is 28.0 Å². The van der Waals surface area contributed by atoms with Crippen LogP contribution >= 0.6 is 0 Å². The highest BCUT2D eigenvalue weighted by Crippen LogP contribution is 2.33. The van der Waals surface area contributed by atoms with E-state index in [2.05, 4.69) is 22.1 Å². The summed E-state index contributed by atoms with van der Waals surface area (Å²) in [4.78, 5) is 24.0. The van der Waals surface area contributed by atoms with E-state index in [-0.39, 0.29) is 17.4 Å². The van der Waals surface area contributed by atoms with Crippen LogP contribution in [-0.4, -0.2) is 37.5 Å². The van der Waals surface area contributed by atoms with Gasteiger partial charge >= 0.3 is 0 Å². The Balaban J connectivity index is 1.63. The molecule has 2 aromatic carbocycles. The summed E-state index contributed by atoms with van der Waals surface area (Å²) >= 11 is 0. The molecule has 0 saturated carbocycles. The molecule has 0 unspecified atom stereocenters. The van der Waals surface area contributed by atoms with Crippen LogP contribution in [0.4, 0.5) is 5.69 Å². The topological polar surface area (TPSA) is 91.0 Å². The van der Waals surface area contributed by atoms with Crippen molar-refractivity contribution in [1.29, 1.82) is 0 Å². The molecule has 2 heterocycles. The molecule has 0 spiro atoms. The molecule has 1 aliphatic rings. The predicted octanol–water partition coefficient (Wildman–Crippen LogP) is 3.57. The van der Waals surface area contributed by atoms with Crippen LogP contribution in [0.3, 0.4) is 0 Å². The number of benzene rings is 2. The second kappa shape index (κ2) is 6.88. The number of hydrogen-bond donors (Lipinski definition) is 2. The number of aryl methyl sites for hydroxylation is 2. The molecule has 4 aromatic rings. The summed E-state index contributed by atoms with van der Waals surface area (Å²) < 4.78 is 1.64. The Labute approximate surface area is 172 Å². The lowest BCUT2D eigenvalue weighted by molar-refractivity contribution is 0.0988. The quantitative estimate of drug-likeness (QED) is 0.513. The molecule has 7 heteroatoms. The van der Waals surface area contributed by atoms with Gasteiger partial charge in [-0.2, -0.15) is 0 Å². The summed E-state index contributed by atoms with van der Waals surface area (Å²) in [5, 5.41) is 19.6. The third-order valence-electron chi connectivity index (χ3n) is 5.63. The minimum atomic E-state index is -0.275. The summed E-state index contributed by atoms with van der Waals surface area (Å²) in [7, 11) is 1.74. The van der Waals surface area contributed by atoms with Crippen LogP contribution in [0.5, 0.6) is 11.5 Å². The van der Waals surface area contributed by atoms with Gasteiger partial charge < -0.3 is 15.1 Å². The number of anilines is 1. The third kappa shape index (κ3) is 2.86. The van der Waals surface area contributed by atoms with Crippen molar-refractivity contribution in [2.75, 3.05) is 11.9 Å². The second-order valence-corrected chi connectivity index (χ2v) is 7.47. The van der Waals surface area contributed by atoms with Gasteiger partial charge in [-0.25, -0.2) is 9.97 Å². The first-order valence-corrected chi connectivity index (χ1v) is 9.78. The zero-order valence-electron chi connectivity index (χ0n) is 16.4. The van der Waals surface area contributed by atoms with E-state index in [1.807, 2.05) is 6.07 Å².